The Labute approximate surface area is 149 Å². The van der Waals surface area contributed by atoms with Crippen molar-refractivity contribution >= 4 is 12.0 Å². The van der Waals surface area contributed by atoms with Gasteiger partial charge in [0.05, 0.1) is 6.10 Å². The molecule has 130 valence electrons. The van der Waals surface area contributed by atoms with Crippen molar-refractivity contribution < 1.29 is 9.90 Å². The molecule has 3 nitrogen and oxygen atoms in total. The van der Waals surface area contributed by atoms with Gasteiger partial charge < -0.3 is 10.0 Å². The molecule has 3 heteroatoms. The quantitative estimate of drug-likeness (QED) is 0.859. The molecule has 0 saturated carbocycles. The van der Waals surface area contributed by atoms with Gasteiger partial charge in [0, 0.05) is 19.2 Å². The number of amides is 1. The average molecular weight is 335 g/mol. The van der Waals surface area contributed by atoms with E-state index in [1.807, 2.05) is 72.5 Å². The highest BCUT2D eigenvalue weighted by Crippen LogP contribution is 2.30. The lowest BCUT2D eigenvalue weighted by atomic mass is 9.87. The van der Waals surface area contributed by atoms with Gasteiger partial charge in [-0.15, -0.1) is 0 Å². The lowest BCUT2D eigenvalue weighted by Gasteiger charge is -2.33. The number of aryl methyl sites for hydroxylation is 1. The maximum Gasteiger partial charge on any atom is 0.246 e. The van der Waals surface area contributed by atoms with Crippen molar-refractivity contribution in [1.29, 1.82) is 0 Å². The third-order valence-electron chi connectivity index (χ3n) is 4.93. The van der Waals surface area contributed by atoms with Gasteiger partial charge in [-0.25, -0.2) is 0 Å². The Hall–Kier alpha value is -2.39. The number of aliphatic hydroxyl groups excluding tert-OH is 1. The zero-order valence-corrected chi connectivity index (χ0v) is 14.6. The van der Waals surface area contributed by atoms with Gasteiger partial charge in [0.2, 0.25) is 5.91 Å². The third kappa shape index (κ3) is 4.58. The van der Waals surface area contributed by atoms with Crippen LogP contribution in [0.15, 0.2) is 60.7 Å². The molecule has 2 aromatic carbocycles. The van der Waals surface area contributed by atoms with Crippen molar-refractivity contribution in [3.63, 3.8) is 0 Å². The molecule has 0 bridgehead atoms. The Balaban J connectivity index is 1.53. The monoisotopic (exact) mass is 335 g/mol. The first-order valence-corrected chi connectivity index (χ1v) is 8.90. The topological polar surface area (TPSA) is 40.5 Å². The zero-order valence-electron chi connectivity index (χ0n) is 14.6. The van der Waals surface area contributed by atoms with Crippen LogP contribution >= 0.6 is 0 Å². The second-order valence-electron chi connectivity index (χ2n) is 6.76. The van der Waals surface area contributed by atoms with Crippen molar-refractivity contribution in [2.45, 2.75) is 25.9 Å². The molecular formula is C22H25NO2. The van der Waals surface area contributed by atoms with E-state index in [0.717, 1.165) is 24.0 Å². The van der Waals surface area contributed by atoms with Crippen LogP contribution in [0.4, 0.5) is 0 Å². The predicted molar refractivity (Wildman–Crippen MR) is 101 cm³/mol. The highest BCUT2D eigenvalue weighted by atomic mass is 16.3. The number of aliphatic hydroxyl groups is 1. The molecule has 1 aliphatic heterocycles. The van der Waals surface area contributed by atoms with Gasteiger partial charge in [0.1, 0.15) is 0 Å². The van der Waals surface area contributed by atoms with Crippen LogP contribution in [-0.4, -0.2) is 29.0 Å². The normalized spacial score (nSPS) is 17.0. The number of hydrogen-bond donors (Lipinski definition) is 1. The molecule has 1 saturated heterocycles. The average Bonchev–Trinajstić information content (AvgIpc) is 2.67. The van der Waals surface area contributed by atoms with E-state index in [1.165, 1.54) is 5.56 Å². The summed E-state index contributed by atoms with van der Waals surface area (Å²) < 4.78 is 0. The summed E-state index contributed by atoms with van der Waals surface area (Å²) in [5.41, 5.74) is 3.21. The molecule has 0 spiro atoms. The summed E-state index contributed by atoms with van der Waals surface area (Å²) in [6, 6.07) is 17.9. The smallest absolute Gasteiger partial charge is 0.246 e. The zero-order chi connectivity index (χ0) is 17.6. The second-order valence-corrected chi connectivity index (χ2v) is 6.76. The SMILES string of the molecule is Cc1ccc(C=CC(=O)N2CCC(C(O)c3ccccc3)CC2)cc1. The molecule has 1 atom stereocenters. The van der Waals surface area contributed by atoms with Crippen molar-refractivity contribution in [3.05, 3.63) is 77.4 Å². The van der Waals surface area contributed by atoms with Gasteiger partial charge in [-0.3, -0.25) is 4.79 Å². The summed E-state index contributed by atoms with van der Waals surface area (Å²) >= 11 is 0. The minimum Gasteiger partial charge on any atom is -0.388 e. The molecule has 1 N–H and O–H groups in total. The maximum atomic E-state index is 12.4. The first-order valence-electron chi connectivity index (χ1n) is 8.90. The van der Waals surface area contributed by atoms with Crippen LogP contribution in [0.25, 0.3) is 6.08 Å². The minimum atomic E-state index is -0.443. The summed E-state index contributed by atoms with van der Waals surface area (Å²) in [6.07, 6.45) is 4.74. The summed E-state index contributed by atoms with van der Waals surface area (Å²) in [7, 11) is 0. The van der Waals surface area contributed by atoms with Crippen LogP contribution in [0, 0.1) is 12.8 Å². The molecule has 0 radical (unpaired) electrons. The predicted octanol–water partition coefficient (Wildman–Crippen LogP) is 3.98. The Morgan fingerprint density at radius 2 is 1.72 bits per heavy atom. The third-order valence-corrected chi connectivity index (χ3v) is 4.93. The van der Waals surface area contributed by atoms with Gasteiger partial charge in [-0.1, -0.05) is 60.2 Å². The Morgan fingerprint density at radius 1 is 1.08 bits per heavy atom. The second kappa shape index (κ2) is 8.13. The van der Waals surface area contributed by atoms with Crippen LogP contribution in [-0.2, 0) is 4.79 Å². The van der Waals surface area contributed by atoms with Crippen LogP contribution < -0.4 is 0 Å². The molecule has 1 unspecified atom stereocenters. The first-order chi connectivity index (χ1) is 12.1. The number of benzene rings is 2. The Morgan fingerprint density at radius 3 is 2.36 bits per heavy atom. The van der Waals surface area contributed by atoms with Crippen LogP contribution in [0.2, 0.25) is 0 Å². The Kier molecular flexibility index (Phi) is 5.67. The lowest BCUT2D eigenvalue weighted by molar-refractivity contribution is -0.127. The summed E-state index contributed by atoms with van der Waals surface area (Å²) in [5.74, 6) is 0.265. The molecule has 1 heterocycles. The van der Waals surface area contributed by atoms with Crippen molar-refractivity contribution in [1.82, 2.24) is 4.90 Å². The number of hydrogen-bond acceptors (Lipinski definition) is 2. The molecule has 25 heavy (non-hydrogen) atoms. The van der Waals surface area contributed by atoms with E-state index < -0.39 is 6.10 Å². The lowest BCUT2D eigenvalue weighted by Crippen LogP contribution is -2.38. The number of piperidine rings is 1. The highest BCUT2D eigenvalue weighted by molar-refractivity contribution is 5.91. The molecule has 1 amide bonds. The standard InChI is InChI=1S/C22H25NO2/c1-17-7-9-18(10-8-17)11-12-21(24)23-15-13-20(14-16-23)22(25)19-5-3-2-4-6-19/h2-12,20,22,25H,13-16H2,1H3. The maximum absolute atomic E-state index is 12.4. The van der Waals surface area contributed by atoms with Crippen molar-refractivity contribution in [2.24, 2.45) is 5.92 Å². The fourth-order valence-electron chi connectivity index (χ4n) is 3.31. The molecule has 3 rings (SSSR count). The molecule has 1 fully saturated rings. The van der Waals surface area contributed by atoms with Crippen LogP contribution in [0.1, 0.15) is 35.6 Å². The summed E-state index contributed by atoms with van der Waals surface area (Å²) in [4.78, 5) is 14.2. The minimum absolute atomic E-state index is 0.0493. The van der Waals surface area contributed by atoms with E-state index in [1.54, 1.807) is 6.08 Å². The van der Waals surface area contributed by atoms with Crippen molar-refractivity contribution in [3.8, 4) is 0 Å². The highest BCUT2D eigenvalue weighted by Gasteiger charge is 2.27. The molecule has 2 aromatic rings. The molecule has 1 aliphatic rings. The summed E-state index contributed by atoms with van der Waals surface area (Å²) in [5, 5.41) is 10.5. The van der Waals surface area contributed by atoms with Crippen LogP contribution in [0.5, 0.6) is 0 Å². The van der Waals surface area contributed by atoms with Crippen molar-refractivity contribution in [2.75, 3.05) is 13.1 Å². The van der Waals surface area contributed by atoms with Gasteiger partial charge in [0.25, 0.3) is 0 Å². The van der Waals surface area contributed by atoms with E-state index in [-0.39, 0.29) is 11.8 Å². The van der Waals surface area contributed by atoms with Crippen LogP contribution in [0.3, 0.4) is 0 Å². The molecule has 0 aliphatic carbocycles. The van der Waals surface area contributed by atoms with Gasteiger partial charge in [0.15, 0.2) is 0 Å². The van der Waals surface area contributed by atoms with Gasteiger partial charge >= 0.3 is 0 Å². The molecular weight excluding hydrogens is 310 g/mol. The number of likely N-dealkylation sites (tertiary alicyclic amines) is 1. The Bertz CT molecular complexity index is 713. The van der Waals surface area contributed by atoms with E-state index >= 15 is 0 Å². The van der Waals surface area contributed by atoms with E-state index in [2.05, 4.69) is 0 Å². The van der Waals surface area contributed by atoms with E-state index in [4.69, 9.17) is 0 Å². The number of nitrogens with zero attached hydrogens (tertiary/aromatic N) is 1. The largest absolute Gasteiger partial charge is 0.388 e. The number of carbonyl (C=O) groups is 1. The van der Waals surface area contributed by atoms with Gasteiger partial charge in [-0.2, -0.15) is 0 Å². The van der Waals surface area contributed by atoms with E-state index in [0.29, 0.717) is 13.1 Å². The fraction of sp³-hybridized carbons (Fsp3) is 0.318. The summed E-state index contributed by atoms with van der Waals surface area (Å²) in [6.45, 7) is 3.45. The number of rotatable bonds is 4. The fourth-order valence-corrected chi connectivity index (χ4v) is 3.31. The number of carbonyl (C=O) groups excluding carboxylic acids is 1. The van der Waals surface area contributed by atoms with E-state index in [9.17, 15) is 9.90 Å². The molecule has 0 aromatic heterocycles. The first kappa shape index (κ1) is 17.4. The van der Waals surface area contributed by atoms with Gasteiger partial charge in [-0.05, 0) is 42.9 Å².